The number of nitrogens with one attached hydrogen (secondary N) is 1. The van der Waals surface area contributed by atoms with Crippen LogP contribution in [-0.4, -0.2) is 4.98 Å². The highest BCUT2D eigenvalue weighted by atomic mass is 14.7. The van der Waals surface area contributed by atoms with Gasteiger partial charge in [-0.15, -0.1) is 0 Å². The van der Waals surface area contributed by atoms with Crippen LogP contribution in [0.4, 0.5) is 0 Å². The van der Waals surface area contributed by atoms with E-state index in [9.17, 15) is 0 Å². The van der Waals surface area contributed by atoms with Crippen molar-refractivity contribution in [3.05, 3.63) is 22.5 Å². The molecule has 0 aliphatic heterocycles. The minimum atomic E-state index is 1.24. The van der Waals surface area contributed by atoms with Gasteiger partial charge in [-0.1, -0.05) is 26.7 Å². The zero-order valence-electron chi connectivity index (χ0n) is 10.2. The first-order chi connectivity index (χ1) is 7.36. The summed E-state index contributed by atoms with van der Waals surface area (Å²) >= 11 is 0. The molecule has 0 unspecified atom stereocenters. The molecule has 1 heteroatoms. The molecule has 0 amide bonds. The molecule has 1 aliphatic rings. The molecule has 0 atom stereocenters. The maximum absolute atomic E-state index is 3.69. The molecule has 0 spiro atoms. The monoisotopic (exact) mass is 205 g/mol. The molecule has 0 aromatic carbocycles. The summed E-state index contributed by atoms with van der Waals surface area (Å²) < 4.78 is 0. The Balaban J connectivity index is 2.32. The number of aryl methyl sites for hydroxylation is 2. The van der Waals surface area contributed by atoms with Gasteiger partial charge in [0, 0.05) is 11.4 Å². The normalized spacial score (nSPS) is 15.3. The Bertz CT molecular complexity index is 322. The molecule has 0 bridgehead atoms. The van der Waals surface area contributed by atoms with Crippen LogP contribution < -0.4 is 0 Å². The SMILES string of the molecule is CCCc1[nH]c2c(c1CCC)CCCC2. The van der Waals surface area contributed by atoms with Gasteiger partial charge in [0.15, 0.2) is 0 Å². The van der Waals surface area contributed by atoms with E-state index in [1.165, 1.54) is 51.4 Å². The molecule has 1 N–H and O–H groups in total. The van der Waals surface area contributed by atoms with Gasteiger partial charge in [0.25, 0.3) is 0 Å². The van der Waals surface area contributed by atoms with E-state index in [1.807, 2.05) is 0 Å². The molecule has 0 radical (unpaired) electrons. The van der Waals surface area contributed by atoms with E-state index in [4.69, 9.17) is 0 Å². The molecule has 0 saturated heterocycles. The molecule has 2 rings (SSSR count). The van der Waals surface area contributed by atoms with E-state index >= 15 is 0 Å². The summed E-state index contributed by atoms with van der Waals surface area (Å²) in [4.78, 5) is 3.69. The average molecular weight is 205 g/mol. The zero-order chi connectivity index (χ0) is 10.7. The highest BCUT2D eigenvalue weighted by Crippen LogP contribution is 2.28. The topological polar surface area (TPSA) is 15.8 Å². The first-order valence-corrected chi connectivity index (χ1v) is 6.58. The lowest BCUT2D eigenvalue weighted by Gasteiger charge is -2.12. The number of rotatable bonds is 4. The summed E-state index contributed by atoms with van der Waals surface area (Å²) in [5.74, 6) is 0. The largest absolute Gasteiger partial charge is 0.362 e. The van der Waals surface area contributed by atoms with E-state index in [2.05, 4.69) is 18.8 Å². The lowest BCUT2D eigenvalue weighted by molar-refractivity contribution is 0.671. The van der Waals surface area contributed by atoms with Crippen LogP contribution in [-0.2, 0) is 25.7 Å². The number of aromatic amines is 1. The molecule has 0 saturated carbocycles. The van der Waals surface area contributed by atoms with Gasteiger partial charge in [-0.05, 0) is 49.7 Å². The third-order valence-electron chi connectivity index (χ3n) is 3.50. The van der Waals surface area contributed by atoms with E-state index < -0.39 is 0 Å². The van der Waals surface area contributed by atoms with Crippen molar-refractivity contribution in [2.24, 2.45) is 0 Å². The third-order valence-corrected chi connectivity index (χ3v) is 3.50. The van der Waals surface area contributed by atoms with E-state index in [1.54, 1.807) is 22.5 Å². The maximum atomic E-state index is 3.69. The summed E-state index contributed by atoms with van der Waals surface area (Å²) in [7, 11) is 0. The van der Waals surface area contributed by atoms with Gasteiger partial charge >= 0.3 is 0 Å². The fourth-order valence-corrected chi connectivity index (χ4v) is 2.83. The highest BCUT2D eigenvalue weighted by Gasteiger charge is 2.18. The number of hydrogen-bond acceptors (Lipinski definition) is 0. The first kappa shape index (κ1) is 10.8. The fraction of sp³-hybridized carbons (Fsp3) is 0.714. The predicted molar refractivity (Wildman–Crippen MR) is 65.4 cm³/mol. The van der Waals surface area contributed by atoms with Crippen LogP contribution >= 0.6 is 0 Å². The molecular formula is C14H23N. The molecule has 1 aromatic heterocycles. The second kappa shape index (κ2) is 4.87. The molecule has 15 heavy (non-hydrogen) atoms. The fourth-order valence-electron chi connectivity index (χ4n) is 2.83. The summed E-state index contributed by atoms with van der Waals surface area (Å²) in [6.45, 7) is 4.56. The van der Waals surface area contributed by atoms with Crippen molar-refractivity contribution in [2.45, 2.75) is 65.2 Å². The smallest absolute Gasteiger partial charge is 0.0184 e. The number of H-pyrrole nitrogens is 1. The van der Waals surface area contributed by atoms with Crippen LogP contribution in [0.15, 0.2) is 0 Å². The minimum Gasteiger partial charge on any atom is -0.362 e. The lowest BCUT2D eigenvalue weighted by atomic mass is 9.92. The summed E-state index contributed by atoms with van der Waals surface area (Å²) in [5.41, 5.74) is 6.47. The van der Waals surface area contributed by atoms with E-state index in [0.717, 1.165) is 0 Å². The van der Waals surface area contributed by atoms with Crippen LogP contribution in [0, 0.1) is 0 Å². The quantitative estimate of drug-likeness (QED) is 0.769. The van der Waals surface area contributed by atoms with E-state index in [-0.39, 0.29) is 0 Å². The maximum Gasteiger partial charge on any atom is 0.0184 e. The lowest BCUT2D eigenvalue weighted by Crippen LogP contribution is -2.02. The average Bonchev–Trinajstić information content (AvgIpc) is 2.59. The molecule has 1 heterocycles. The van der Waals surface area contributed by atoms with E-state index in [0.29, 0.717) is 0 Å². The Kier molecular flexibility index (Phi) is 3.50. The van der Waals surface area contributed by atoms with Crippen molar-refractivity contribution < 1.29 is 0 Å². The van der Waals surface area contributed by atoms with Crippen molar-refractivity contribution in [1.82, 2.24) is 4.98 Å². The van der Waals surface area contributed by atoms with Gasteiger partial charge in [0.1, 0.15) is 0 Å². The predicted octanol–water partition coefficient (Wildman–Crippen LogP) is 3.80. The van der Waals surface area contributed by atoms with Crippen LogP contribution in [0.2, 0.25) is 0 Å². The summed E-state index contributed by atoms with van der Waals surface area (Å²) in [6, 6.07) is 0. The van der Waals surface area contributed by atoms with Crippen molar-refractivity contribution in [1.29, 1.82) is 0 Å². The second-order valence-corrected chi connectivity index (χ2v) is 4.75. The standard InChI is InChI=1S/C14H23N/c1-3-7-11-12-9-5-6-10-14(12)15-13(11)8-4-2/h15H,3-10H2,1-2H3. The molecule has 1 aliphatic carbocycles. The molecular weight excluding hydrogens is 182 g/mol. The van der Waals surface area contributed by atoms with Gasteiger partial charge in [0.2, 0.25) is 0 Å². The van der Waals surface area contributed by atoms with Crippen LogP contribution in [0.1, 0.15) is 62.0 Å². The van der Waals surface area contributed by atoms with Gasteiger partial charge in [-0.3, -0.25) is 0 Å². The van der Waals surface area contributed by atoms with Crippen LogP contribution in [0.3, 0.4) is 0 Å². The Labute approximate surface area is 93.3 Å². The summed E-state index contributed by atoms with van der Waals surface area (Å²) in [5, 5.41) is 0. The molecule has 84 valence electrons. The first-order valence-electron chi connectivity index (χ1n) is 6.58. The Hall–Kier alpha value is -0.720. The second-order valence-electron chi connectivity index (χ2n) is 4.75. The van der Waals surface area contributed by atoms with Crippen LogP contribution in [0.5, 0.6) is 0 Å². The Morgan fingerprint density at radius 2 is 1.73 bits per heavy atom. The van der Waals surface area contributed by atoms with Crippen molar-refractivity contribution in [3.63, 3.8) is 0 Å². The van der Waals surface area contributed by atoms with Crippen molar-refractivity contribution in [3.8, 4) is 0 Å². The van der Waals surface area contributed by atoms with Crippen molar-refractivity contribution in [2.75, 3.05) is 0 Å². The Morgan fingerprint density at radius 1 is 1.00 bits per heavy atom. The Morgan fingerprint density at radius 3 is 2.47 bits per heavy atom. The number of hydrogen-bond donors (Lipinski definition) is 1. The van der Waals surface area contributed by atoms with Gasteiger partial charge < -0.3 is 4.98 Å². The van der Waals surface area contributed by atoms with Gasteiger partial charge in [-0.2, -0.15) is 0 Å². The molecule has 1 nitrogen and oxygen atoms in total. The molecule has 1 aromatic rings. The number of aromatic nitrogens is 1. The third kappa shape index (κ3) is 2.11. The number of fused-ring (bicyclic) bond motifs is 1. The van der Waals surface area contributed by atoms with Gasteiger partial charge in [0.05, 0.1) is 0 Å². The summed E-state index contributed by atoms with van der Waals surface area (Å²) in [6.07, 6.45) is 10.4. The zero-order valence-corrected chi connectivity index (χ0v) is 10.2. The molecule has 0 fully saturated rings. The minimum absolute atomic E-state index is 1.24. The van der Waals surface area contributed by atoms with Crippen LogP contribution in [0.25, 0.3) is 0 Å². The van der Waals surface area contributed by atoms with Crippen molar-refractivity contribution >= 4 is 0 Å². The van der Waals surface area contributed by atoms with Gasteiger partial charge in [-0.25, -0.2) is 0 Å². The highest BCUT2D eigenvalue weighted by molar-refractivity contribution is 5.39.